The molecule has 138 valence electrons. The van der Waals surface area contributed by atoms with Crippen molar-refractivity contribution >= 4 is 11.9 Å². The number of rotatable bonds is 6. The van der Waals surface area contributed by atoms with Gasteiger partial charge in [-0.2, -0.15) is 0 Å². The van der Waals surface area contributed by atoms with Crippen molar-refractivity contribution in [3.05, 3.63) is 0 Å². The smallest absolute Gasteiger partial charge is 0.317 e. The summed E-state index contributed by atoms with van der Waals surface area (Å²) in [6, 6.07) is -0.0414. The lowest BCUT2D eigenvalue weighted by Crippen LogP contribution is -2.50. The Bertz CT molecular complexity index is 409. The predicted molar refractivity (Wildman–Crippen MR) is 92.9 cm³/mol. The minimum atomic E-state index is -0.0522. The lowest BCUT2D eigenvalue weighted by Gasteiger charge is -2.34. The maximum absolute atomic E-state index is 12.5. The zero-order valence-corrected chi connectivity index (χ0v) is 15.1. The minimum absolute atomic E-state index is 0.0414. The van der Waals surface area contributed by atoms with Crippen LogP contribution < -0.4 is 5.32 Å². The number of likely N-dealkylation sites (tertiary alicyclic amines) is 1. The van der Waals surface area contributed by atoms with Gasteiger partial charge in [0.05, 0.1) is 19.1 Å². The van der Waals surface area contributed by atoms with Crippen LogP contribution in [0.15, 0.2) is 0 Å². The van der Waals surface area contributed by atoms with Crippen molar-refractivity contribution in [2.45, 2.75) is 26.7 Å². The number of morpholine rings is 1. The SMILES string of the molecule is CCN(CC)C(=O)C1CCCN(C(=O)NCCN2CCOCC2)C1. The number of nitrogens with one attached hydrogen (secondary N) is 1. The van der Waals surface area contributed by atoms with Crippen LogP contribution in [0, 0.1) is 5.92 Å². The molecule has 2 saturated heterocycles. The number of ether oxygens (including phenoxy) is 1. The molecule has 0 radical (unpaired) electrons. The van der Waals surface area contributed by atoms with Crippen LogP contribution in [0.1, 0.15) is 26.7 Å². The van der Waals surface area contributed by atoms with Crippen molar-refractivity contribution in [2.75, 3.05) is 65.6 Å². The average Bonchev–Trinajstić information content (AvgIpc) is 2.63. The van der Waals surface area contributed by atoms with E-state index in [9.17, 15) is 9.59 Å². The number of urea groups is 1. The molecule has 2 fully saturated rings. The van der Waals surface area contributed by atoms with E-state index < -0.39 is 0 Å². The van der Waals surface area contributed by atoms with E-state index in [1.165, 1.54) is 0 Å². The van der Waals surface area contributed by atoms with Crippen LogP contribution in [0.3, 0.4) is 0 Å². The topological polar surface area (TPSA) is 65.1 Å². The Labute approximate surface area is 145 Å². The van der Waals surface area contributed by atoms with Crippen LogP contribution in [0.4, 0.5) is 4.79 Å². The molecule has 7 heteroatoms. The standard InChI is InChI=1S/C17H32N4O3/c1-3-20(4-2)16(22)15-6-5-8-21(14-15)17(23)18-7-9-19-10-12-24-13-11-19/h15H,3-14H2,1-2H3,(H,18,23). The van der Waals surface area contributed by atoms with Crippen LogP contribution in [0.5, 0.6) is 0 Å². The Hall–Kier alpha value is -1.34. The fourth-order valence-electron chi connectivity index (χ4n) is 3.41. The maximum Gasteiger partial charge on any atom is 0.317 e. The molecule has 2 heterocycles. The van der Waals surface area contributed by atoms with Crippen molar-refractivity contribution < 1.29 is 14.3 Å². The normalized spacial score (nSPS) is 22.2. The lowest BCUT2D eigenvalue weighted by molar-refractivity contribution is -0.136. The number of piperidine rings is 1. The number of amides is 3. The van der Waals surface area contributed by atoms with E-state index >= 15 is 0 Å². The first-order chi connectivity index (χ1) is 11.7. The number of hydrogen-bond donors (Lipinski definition) is 1. The van der Waals surface area contributed by atoms with Gasteiger partial charge in [-0.25, -0.2) is 4.79 Å². The second kappa shape index (κ2) is 9.84. The highest BCUT2D eigenvalue weighted by Crippen LogP contribution is 2.19. The van der Waals surface area contributed by atoms with E-state index in [4.69, 9.17) is 4.74 Å². The zero-order valence-electron chi connectivity index (χ0n) is 15.1. The van der Waals surface area contributed by atoms with Crippen LogP contribution >= 0.6 is 0 Å². The van der Waals surface area contributed by atoms with Crippen molar-refractivity contribution in [2.24, 2.45) is 5.92 Å². The highest BCUT2D eigenvalue weighted by molar-refractivity contribution is 5.81. The first kappa shape index (κ1) is 19.0. The predicted octanol–water partition coefficient (Wildman–Crippen LogP) is 0.609. The van der Waals surface area contributed by atoms with Crippen molar-refractivity contribution in [1.82, 2.24) is 20.0 Å². The molecule has 1 N–H and O–H groups in total. The van der Waals surface area contributed by atoms with Crippen LogP contribution in [0.2, 0.25) is 0 Å². The molecule has 1 unspecified atom stereocenters. The Balaban J connectivity index is 1.74. The van der Waals surface area contributed by atoms with E-state index in [1.54, 1.807) is 4.90 Å². The summed E-state index contributed by atoms with van der Waals surface area (Å²) < 4.78 is 5.32. The highest BCUT2D eigenvalue weighted by atomic mass is 16.5. The summed E-state index contributed by atoms with van der Waals surface area (Å²) >= 11 is 0. The number of carbonyl (C=O) groups excluding carboxylic acids is 2. The Morgan fingerprint density at radius 1 is 1.17 bits per heavy atom. The molecule has 0 aliphatic carbocycles. The summed E-state index contributed by atoms with van der Waals surface area (Å²) in [6.45, 7) is 11.7. The second-order valence-corrected chi connectivity index (χ2v) is 6.48. The van der Waals surface area contributed by atoms with Gasteiger partial charge in [0.15, 0.2) is 0 Å². The van der Waals surface area contributed by atoms with E-state index in [2.05, 4.69) is 10.2 Å². The molecule has 7 nitrogen and oxygen atoms in total. The molecule has 3 amide bonds. The molecule has 0 aromatic rings. The van der Waals surface area contributed by atoms with Crippen LogP contribution in [-0.2, 0) is 9.53 Å². The molecule has 0 saturated carbocycles. The molecule has 1 atom stereocenters. The third-order valence-electron chi connectivity index (χ3n) is 4.94. The summed E-state index contributed by atoms with van der Waals surface area (Å²) in [4.78, 5) is 30.8. The number of carbonyl (C=O) groups is 2. The minimum Gasteiger partial charge on any atom is -0.379 e. The lowest BCUT2D eigenvalue weighted by atomic mass is 9.96. The number of nitrogens with zero attached hydrogens (tertiary/aromatic N) is 3. The summed E-state index contributed by atoms with van der Waals surface area (Å²) in [5, 5.41) is 3.00. The van der Waals surface area contributed by atoms with Gasteiger partial charge in [-0.15, -0.1) is 0 Å². The van der Waals surface area contributed by atoms with Gasteiger partial charge in [0, 0.05) is 52.4 Å². The average molecular weight is 340 g/mol. The summed E-state index contributed by atoms with van der Waals surface area (Å²) in [5.41, 5.74) is 0. The van der Waals surface area contributed by atoms with E-state index in [0.29, 0.717) is 13.1 Å². The van der Waals surface area contributed by atoms with Gasteiger partial charge in [0.25, 0.3) is 0 Å². The fraction of sp³-hybridized carbons (Fsp3) is 0.882. The van der Waals surface area contributed by atoms with Crippen LogP contribution in [-0.4, -0.2) is 92.2 Å². The molecule has 2 rings (SSSR count). The molecular weight excluding hydrogens is 308 g/mol. The fourth-order valence-corrected chi connectivity index (χ4v) is 3.41. The Morgan fingerprint density at radius 2 is 1.88 bits per heavy atom. The van der Waals surface area contributed by atoms with Crippen molar-refractivity contribution in [3.63, 3.8) is 0 Å². The third-order valence-corrected chi connectivity index (χ3v) is 4.94. The largest absolute Gasteiger partial charge is 0.379 e. The van der Waals surface area contributed by atoms with Gasteiger partial charge in [-0.3, -0.25) is 9.69 Å². The first-order valence-electron chi connectivity index (χ1n) is 9.27. The van der Waals surface area contributed by atoms with Crippen molar-refractivity contribution in [3.8, 4) is 0 Å². The Kier molecular flexibility index (Phi) is 7.78. The van der Waals surface area contributed by atoms with Crippen LogP contribution in [0.25, 0.3) is 0 Å². The molecule has 24 heavy (non-hydrogen) atoms. The highest BCUT2D eigenvalue weighted by Gasteiger charge is 2.30. The van der Waals surface area contributed by atoms with Gasteiger partial charge in [-0.1, -0.05) is 0 Å². The maximum atomic E-state index is 12.5. The summed E-state index contributed by atoms with van der Waals surface area (Å²) in [5.74, 6) is 0.134. The van der Waals surface area contributed by atoms with Gasteiger partial charge in [-0.05, 0) is 26.7 Å². The molecule has 0 bridgehead atoms. The molecule has 2 aliphatic rings. The van der Waals surface area contributed by atoms with E-state index in [-0.39, 0.29) is 17.9 Å². The first-order valence-corrected chi connectivity index (χ1v) is 9.27. The second-order valence-electron chi connectivity index (χ2n) is 6.48. The van der Waals surface area contributed by atoms with Gasteiger partial charge in [0.1, 0.15) is 0 Å². The summed E-state index contributed by atoms with van der Waals surface area (Å²) in [7, 11) is 0. The number of hydrogen-bond acceptors (Lipinski definition) is 4. The third kappa shape index (κ3) is 5.34. The quantitative estimate of drug-likeness (QED) is 0.769. The molecule has 0 spiro atoms. The molecule has 2 aliphatic heterocycles. The Morgan fingerprint density at radius 3 is 2.54 bits per heavy atom. The van der Waals surface area contributed by atoms with E-state index in [1.807, 2.05) is 18.7 Å². The van der Waals surface area contributed by atoms with Gasteiger partial charge >= 0.3 is 6.03 Å². The zero-order chi connectivity index (χ0) is 17.4. The molecular formula is C17H32N4O3. The monoisotopic (exact) mass is 340 g/mol. The molecule has 0 aromatic heterocycles. The van der Waals surface area contributed by atoms with Gasteiger partial charge < -0.3 is 19.9 Å². The summed E-state index contributed by atoms with van der Waals surface area (Å²) in [6.07, 6.45) is 1.78. The van der Waals surface area contributed by atoms with Gasteiger partial charge in [0.2, 0.25) is 5.91 Å². The van der Waals surface area contributed by atoms with E-state index in [0.717, 1.165) is 65.3 Å². The van der Waals surface area contributed by atoms with Crippen molar-refractivity contribution in [1.29, 1.82) is 0 Å². The molecule has 0 aromatic carbocycles.